The number of rotatable bonds is 3. The van der Waals surface area contributed by atoms with Gasteiger partial charge >= 0.3 is 0 Å². The van der Waals surface area contributed by atoms with Gasteiger partial charge in [0.15, 0.2) is 0 Å². The molecule has 2 saturated heterocycles. The Balaban J connectivity index is 1.42. The molecule has 0 unspecified atom stereocenters. The molecule has 0 atom stereocenters. The molecule has 134 valence electrons. The highest BCUT2D eigenvalue weighted by molar-refractivity contribution is 5.55. The largest absolute Gasteiger partial charge is 0.368 e. The second kappa shape index (κ2) is 7.61. The summed E-state index contributed by atoms with van der Waals surface area (Å²) in [5, 5.41) is 9.09. The van der Waals surface area contributed by atoms with E-state index in [0.717, 1.165) is 56.6 Å². The highest BCUT2D eigenvalue weighted by Gasteiger charge is 2.20. The third kappa shape index (κ3) is 3.57. The van der Waals surface area contributed by atoms with Crippen LogP contribution in [0.3, 0.4) is 0 Å². The van der Waals surface area contributed by atoms with Gasteiger partial charge in [0.1, 0.15) is 18.0 Å². The van der Waals surface area contributed by atoms with Crippen molar-refractivity contribution in [2.75, 3.05) is 54.0 Å². The summed E-state index contributed by atoms with van der Waals surface area (Å²) in [6.45, 7) is 5.90. The monoisotopic (exact) mass is 348 g/mol. The van der Waals surface area contributed by atoms with Crippen LogP contribution in [-0.2, 0) is 0 Å². The average Bonchev–Trinajstić information content (AvgIpc) is 2.75. The third-order valence-corrected chi connectivity index (χ3v) is 5.26. The van der Waals surface area contributed by atoms with Gasteiger partial charge in [-0.1, -0.05) is 6.07 Å². The highest BCUT2D eigenvalue weighted by atomic mass is 15.3. The van der Waals surface area contributed by atoms with Crippen LogP contribution in [0.2, 0.25) is 0 Å². The minimum Gasteiger partial charge on any atom is -0.368 e. The lowest BCUT2D eigenvalue weighted by Crippen LogP contribution is -2.47. The fourth-order valence-corrected chi connectivity index (χ4v) is 3.77. The van der Waals surface area contributed by atoms with E-state index in [4.69, 9.17) is 5.26 Å². The molecule has 2 aromatic rings. The Morgan fingerprint density at radius 1 is 0.769 bits per heavy atom. The smallest absolute Gasteiger partial charge is 0.134 e. The quantitative estimate of drug-likeness (QED) is 0.850. The van der Waals surface area contributed by atoms with Gasteiger partial charge in [-0.2, -0.15) is 5.26 Å². The highest BCUT2D eigenvalue weighted by Crippen LogP contribution is 2.23. The van der Waals surface area contributed by atoms with Gasteiger partial charge in [-0.3, -0.25) is 0 Å². The Labute approximate surface area is 154 Å². The summed E-state index contributed by atoms with van der Waals surface area (Å²) in [5.74, 6) is 2.07. The van der Waals surface area contributed by atoms with E-state index in [1.54, 1.807) is 6.33 Å². The van der Waals surface area contributed by atoms with Gasteiger partial charge in [-0.15, -0.1) is 0 Å². The van der Waals surface area contributed by atoms with E-state index in [9.17, 15) is 0 Å². The number of anilines is 3. The van der Waals surface area contributed by atoms with Crippen molar-refractivity contribution in [2.45, 2.75) is 19.3 Å². The van der Waals surface area contributed by atoms with Crippen molar-refractivity contribution in [2.24, 2.45) is 0 Å². The van der Waals surface area contributed by atoms with Crippen molar-refractivity contribution in [1.29, 1.82) is 5.26 Å². The van der Waals surface area contributed by atoms with E-state index >= 15 is 0 Å². The lowest BCUT2D eigenvalue weighted by atomic mass is 10.1. The molecule has 0 saturated carbocycles. The molecule has 0 aliphatic carbocycles. The second-order valence-corrected chi connectivity index (χ2v) is 6.92. The molecule has 0 radical (unpaired) electrons. The lowest BCUT2D eigenvalue weighted by molar-refractivity contribution is 0.572. The molecule has 0 bridgehead atoms. The molecule has 2 aliphatic heterocycles. The molecule has 1 aromatic carbocycles. The first kappa shape index (κ1) is 16.6. The summed E-state index contributed by atoms with van der Waals surface area (Å²) < 4.78 is 0. The van der Waals surface area contributed by atoms with E-state index in [-0.39, 0.29) is 0 Å². The Kier molecular flexibility index (Phi) is 4.87. The van der Waals surface area contributed by atoms with Gasteiger partial charge in [0.05, 0.1) is 11.6 Å². The number of nitrogens with zero attached hydrogens (tertiary/aromatic N) is 6. The predicted molar refractivity (Wildman–Crippen MR) is 104 cm³/mol. The van der Waals surface area contributed by atoms with E-state index in [1.807, 2.05) is 18.2 Å². The van der Waals surface area contributed by atoms with E-state index < -0.39 is 0 Å². The molecule has 4 rings (SSSR count). The van der Waals surface area contributed by atoms with Crippen LogP contribution >= 0.6 is 0 Å². The first-order chi connectivity index (χ1) is 12.8. The first-order valence-electron chi connectivity index (χ1n) is 9.40. The van der Waals surface area contributed by atoms with Gasteiger partial charge in [-0.25, -0.2) is 9.97 Å². The molecule has 2 aliphatic rings. The maximum Gasteiger partial charge on any atom is 0.134 e. The predicted octanol–water partition coefficient (Wildman–Crippen LogP) is 2.67. The summed E-state index contributed by atoms with van der Waals surface area (Å²) in [7, 11) is 0. The molecule has 26 heavy (non-hydrogen) atoms. The third-order valence-electron chi connectivity index (χ3n) is 5.26. The van der Waals surface area contributed by atoms with Gasteiger partial charge < -0.3 is 14.7 Å². The van der Waals surface area contributed by atoms with E-state index in [0.29, 0.717) is 5.56 Å². The number of piperidine rings is 1. The number of hydrogen-bond acceptors (Lipinski definition) is 6. The molecule has 3 heterocycles. The first-order valence-corrected chi connectivity index (χ1v) is 9.40. The summed E-state index contributed by atoms with van der Waals surface area (Å²) in [6.07, 6.45) is 5.52. The van der Waals surface area contributed by atoms with Crippen LogP contribution in [0.4, 0.5) is 17.3 Å². The van der Waals surface area contributed by atoms with Crippen LogP contribution in [0.15, 0.2) is 36.7 Å². The van der Waals surface area contributed by atoms with Crippen LogP contribution < -0.4 is 14.7 Å². The molecule has 6 nitrogen and oxygen atoms in total. The molecule has 0 spiro atoms. The fraction of sp³-hybridized carbons (Fsp3) is 0.450. The SMILES string of the molecule is N#Cc1cccc(N2CCN(c3cc(N4CCCCC4)ncn3)CC2)c1. The Morgan fingerprint density at radius 3 is 2.12 bits per heavy atom. The lowest BCUT2D eigenvalue weighted by Gasteiger charge is -2.37. The normalized spacial score (nSPS) is 17.9. The van der Waals surface area contributed by atoms with Crippen LogP contribution in [0.1, 0.15) is 24.8 Å². The molecule has 2 fully saturated rings. The molecular weight excluding hydrogens is 324 g/mol. The maximum absolute atomic E-state index is 9.09. The number of benzene rings is 1. The number of hydrogen-bond donors (Lipinski definition) is 0. The Hall–Kier alpha value is -2.81. The van der Waals surface area contributed by atoms with Crippen LogP contribution in [-0.4, -0.2) is 49.2 Å². The van der Waals surface area contributed by atoms with Crippen molar-refractivity contribution in [3.05, 3.63) is 42.2 Å². The minimum absolute atomic E-state index is 0.715. The molecule has 0 N–H and O–H groups in total. The van der Waals surface area contributed by atoms with Crippen molar-refractivity contribution in [1.82, 2.24) is 9.97 Å². The fourth-order valence-electron chi connectivity index (χ4n) is 3.77. The van der Waals surface area contributed by atoms with Crippen molar-refractivity contribution in [3.63, 3.8) is 0 Å². The molecule has 6 heteroatoms. The van der Waals surface area contributed by atoms with E-state index in [1.165, 1.54) is 19.3 Å². The van der Waals surface area contributed by atoms with Crippen molar-refractivity contribution >= 4 is 17.3 Å². The molecular formula is C20H24N6. The van der Waals surface area contributed by atoms with Crippen LogP contribution in [0.25, 0.3) is 0 Å². The average molecular weight is 348 g/mol. The number of nitriles is 1. The number of aromatic nitrogens is 2. The molecule has 1 aromatic heterocycles. The summed E-state index contributed by atoms with van der Waals surface area (Å²) in [5.41, 5.74) is 1.84. The standard InChI is InChI=1S/C20H24N6/c21-15-17-5-4-6-18(13-17)24-9-11-26(12-10-24)20-14-19(22-16-23-20)25-7-2-1-3-8-25/h4-6,13-14,16H,1-3,7-12H2. The minimum atomic E-state index is 0.715. The summed E-state index contributed by atoms with van der Waals surface area (Å²) >= 11 is 0. The van der Waals surface area contributed by atoms with Gasteiger partial charge in [0.25, 0.3) is 0 Å². The van der Waals surface area contributed by atoms with Crippen molar-refractivity contribution < 1.29 is 0 Å². The zero-order chi connectivity index (χ0) is 17.8. The summed E-state index contributed by atoms with van der Waals surface area (Å²) in [6, 6.07) is 12.2. The Morgan fingerprint density at radius 2 is 1.42 bits per heavy atom. The van der Waals surface area contributed by atoms with Crippen molar-refractivity contribution in [3.8, 4) is 6.07 Å². The van der Waals surface area contributed by atoms with Crippen LogP contribution in [0, 0.1) is 11.3 Å². The van der Waals surface area contributed by atoms with E-state index in [2.05, 4.69) is 42.9 Å². The van der Waals surface area contributed by atoms with Gasteiger partial charge in [-0.05, 0) is 37.5 Å². The zero-order valence-corrected chi connectivity index (χ0v) is 15.0. The van der Waals surface area contributed by atoms with Gasteiger partial charge in [0.2, 0.25) is 0 Å². The summed E-state index contributed by atoms with van der Waals surface area (Å²) in [4.78, 5) is 16.0. The van der Waals surface area contributed by atoms with Crippen LogP contribution in [0.5, 0.6) is 0 Å². The zero-order valence-electron chi connectivity index (χ0n) is 15.0. The molecule has 0 amide bonds. The topological polar surface area (TPSA) is 59.3 Å². The second-order valence-electron chi connectivity index (χ2n) is 6.92. The Bertz CT molecular complexity index is 785. The number of piperazine rings is 1. The maximum atomic E-state index is 9.09. The van der Waals surface area contributed by atoms with Gasteiger partial charge in [0, 0.05) is 51.0 Å².